The first kappa shape index (κ1) is 11.0. The van der Waals surface area contributed by atoms with Crippen molar-refractivity contribution in [3.63, 3.8) is 0 Å². The molecule has 0 aromatic carbocycles. The quantitative estimate of drug-likeness (QED) is 0.633. The van der Waals surface area contributed by atoms with E-state index in [9.17, 15) is 0 Å². The van der Waals surface area contributed by atoms with E-state index in [1.807, 2.05) is 6.92 Å². The van der Waals surface area contributed by atoms with Gasteiger partial charge in [-0.15, -0.1) is 5.92 Å². The molecule has 1 unspecified atom stereocenters. The minimum absolute atomic E-state index is 0.819. The van der Waals surface area contributed by atoms with Gasteiger partial charge in [0.1, 0.15) is 0 Å². The van der Waals surface area contributed by atoms with Crippen LogP contribution in [0.15, 0.2) is 0 Å². The topological polar surface area (TPSA) is 6.48 Å². The van der Waals surface area contributed by atoms with Gasteiger partial charge in [0.05, 0.1) is 6.54 Å². The fourth-order valence-electron chi connectivity index (χ4n) is 2.77. The highest BCUT2D eigenvalue weighted by Crippen LogP contribution is 2.19. The molecule has 2 aliphatic heterocycles. The average Bonchev–Trinajstić information content (AvgIpc) is 2.80. The molecular formula is C13H22N2. The van der Waals surface area contributed by atoms with Crippen LogP contribution in [0.3, 0.4) is 0 Å². The zero-order valence-corrected chi connectivity index (χ0v) is 9.84. The summed E-state index contributed by atoms with van der Waals surface area (Å²) in [7, 11) is 0. The van der Waals surface area contributed by atoms with Gasteiger partial charge in [0, 0.05) is 12.6 Å². The molecule has 2 nitrogen and oxygen atoms in total. The van der Waals surface area contributed by atoms with E-state index in [0.717, 1.165) is 12.6 Å². The van der Waals surface area contributed by atoms with Gasteiger partial charge in [-0.05, 0) is 52.2 Å². The molecule has 2 heterocycles. The monoisotopic (exact) mass is 206 g/mol. The van der Waals surface area contributed by atoms with E-state index in [-0.39, 0.29) is 0 Å². The number of piperidine rings is 1. The zero-order valence-electron chi connectivity index (χ0n) is 9.84. The Hall–Kier alpha value is -0.520. The molecule has 2 heteroatoms. The van der Waals surface area contributed by atoms with Crippen LogP contribution >= 0.6 is 0 Å². The van der Waals surface area contributed by atoms with Crippen LogP contribution in [0, 0.1) is 11.8 Å². The SMILES string of the molecule is CC#CCN1CCCC(N2CCCC2)C1. The second-order valence-corrected chi connectivity index (χ2v) is 4.70. The van der Waals surface area contributed by atoms with Crippen LogP contribution in [-0.2, 0) is 0 Å². The van der Waals surface area contributed by atoms with Crippen molar-refractivity contribution in [3.8, 4) is 11.8 Å². The Balaban J connectivity index is 1.82. The molecule has 0 spiro atoms. The Bertz CT molecular complexity index is 245. The Labute approximate surface area is 93.6 Å². The summed E-state index contributed by atoms with van der Waals surface area (Å²) < 4.78 is 0. The molecule has 0 amide bonds. The van der Waals surface area contributed by atoms with Crippen molar-refractivity contribution in [3.05, 3.63) is 0 Å². The Kier molecular flexibility index (Phi) is 4.05. The summed E-state index contributed by atoms with van der Waals surface area (Å²) in [4.78, 5) is 5.20. The highest BCUT2D eigenvalue weighted by atomic mass is 15.2. The van der Waals surface area contributed by atoms with Gasteiger partial charge in [-0.3, -0.25) is 9.80 Å². The first-order valence-corrected chi connectivity index (χ1v) is 6.26. The van der Waals surface area contributed by atoms with Gasteiger partial charge in [0.2, 0.25) is 0 Å². The first-order valence-electron chi connectivity index (χ1n) is 6.26. The van der Waals surface area contributed by atoms with E-state index >= 15 is 0 Å². The highest BCUT2D eigenvalue weighted by molar-refractivity contribution is 4.99. The van der Waals surface area contributed by atoms with Crippen LogP contribution in [0.5, 0.6) is 0 Å². The van der Waals surface area contributed by atoms with Gasteiger partial charge in [0.15, 0.2) is 0 Å². The highest BCUT2D eigenvalue weighted by Gasteiger charge is 2.26. The van der Waals surface area contributed by atoms with Crippen molar-refractivity contribution < 1.29 is 0 Å². The van der Waals surface area contributed by atoms with Gasteiger partial charge < -0.3 is 0 Å². The van der Waals surface area contributed by atoms with Crippen LogP contribution in [0.4, 0.5) is 0 Å². The second kappa shape index (κ2) is 5.53. The third-order valence-corrected chi connectivity index (χ3v) is 3.62. The maximum atomic E-state index is 3.19. The van der Waals surface area contributed by atoms with Gasteiger partial charge in [-0.2, -0.15) is 0 Å². The lowest BCUT2D eigenvalue weighted by atomic mass is 10.0. The van der Waals surface area contributed by atoms with E-state index in [1.54, 1.807) is 0 Å². The van der Waals surface area contributed by atoms with Crippen molar-refractivity contribution >= 4 is 0 Å². The van der Waals surface area contributed by atoms with Crippen molar-refractivity contribution in [2.75, 3.05) is 32.7 Å². The molecule has 0 radical (unpaired) electrons. The van der Waals surface area contributed by atoms with E-state index in [0.29, 0.717) is 0 Å². The largest absolute Gasteiger partial charge is 0.299 e. The van der Waals surface area contributed by atoms with Crippen molar-refractivity contribution in [1.29, 1.82) is 0 Å². The van der Waals surface area contributed by atoms with Gasteiger partial charge in [-0.25, -0.2) is 0 Å². The molecule has 0 aliphatic carbocycles. The normalized spacial score (nSPS) is 28.7. The predicted molar refractivity (Wildman–Crippen MR) is 63.7 cm³/mol. The Morgan fingerprint density at radius 3 is 2.67 bits per heavy atom. The van der Waals surface area contributed by atoms with Crippen molar-refractivity contribution in [2.45, 2.75) is 38.6 Å². The van der Waals surface area contributed by atoms with Gasteiger partial charge >= 0.3 is 0 Å². The maximum absolute atomic E-state index is 3.19. The lowest BCUT2D eigenvalue weighted by Gasteiger charge is -2.36. The molecule has 2 aliphatic rings. The molecule has 2 fully saturated rings. The molecular weight excluding hydrogens is 184 g/mol. The summed E-state index contributed by atoms with van der Waals surface area (Å²) in [5, 5.41) is 0. The second-order valence-electron chi connectivity index (χ2n) is 4.70. The van der Waals surface area contributed by atoms with E-state index in [4.69, 9.17) is 0 Å². The predicted octanol–water partition coefficient (Wildman–Crippen LogP) is 1.57. The first-order chi connectivity index (χ1) is 7.40. The number of nitrogens with zero attached hydrogens (tertiary/aromatic N) is 2. The fraction of sp³-hybridized carbons (Fsp3) is 0.846. The van der Waals surface area contributed by atoms with Crippen LogP contribution in [-0.4, -0.2) is 48.6 Å². The van der Waals surface area contributed by atoms with Crippen molar-refractivity contribution in [1.82, 2.24) is 9.80 Å². The summed E-state index contributed by atoms with van der Waals surface area (Å²) in [6.45, 7) is 8.06. The number of hydrogen-bond acceptors (Lipinski definition) is 2. The molecule has 2 rings (SSSR count). The summed E-state index contributed by atoms with van der Waals surface area (Å²) >= 11 is 0. The van der Waals surface area contributed by atoms with E-state index in [2.05, 4.69) is 21.6 Å². The molecule has 0 saturated carbocycles. The molecule has 0 aromatic heterocycles. The number of rotatable bonds is 2. The van der Waals surface area contributed by atoms with Crippen LogP contribution < -0.4 is 0 Å². The average molecular weight is 206 g/mol. The minimum Gasteiger partial charge on any atom is -0.299 e. The maximum Gasteiger partial charge on any atom is 0.0602 e. The smallest absolute Gasteiger partial charge is 0.0602 e. The van der Waals surface area contributed by atoms with Gasteiger partial charge in [-0.1, -0.05) is 5.92 Å². The number of hydrogen-bond donors (Lipinski definition) is 0. The molecule has 1 atom stereocenters. The number of likely N-dealkylation sites (tertiary alicyclic amines) is 2. The third kappa shape index (κ3) is 2.96. The third-order valence-electron chi connectivity index (χ3n) is 3.62. The van der Waals surface area contributed by atoms with E-state index in [1.165, 1.54) is 51.9 Å². The summed E-state index contributed by atoms with van der Waals surface area (Å²) in [5.74, 6) is 6.18. The van der Waals surface area contributed by atoms with Crippen LogP contribution in [0.2, 0.25) is 0 Å². The molecule has 84 valence electrons. The molecule has 0 bridgehead atoms. The Morgan fingerprint density at radius 1 is 1.13 bits per heavy atom. The lowest BCUT2D eigenvalue weighted by molar-refractivity contribution is 0.125. The van der Waals surface area contributed by atoms with Crippen molar-refractivity contribution in [2.24, 2.45) is 0 Å². The lowest BCUT2D eigenvalue weighted by Crippen LogP contribution is -2.46. The van der Waals surface area contributed by atoms with Gasteiger partial charge in [0.25, 0.3) is 0 Å². The standard InChI is InChI=1S/C13H22N2/c1-2-3-8-14-9-6-7-13(12-14)15-10-4-5-11-15/h13H,4-12H2,1H3. The van der Waals surface area contributed by atoms with Crippen LogP contribution in [0.1, 0.15) is 32.6 Å². The molecule has 2 saturated heterocycles. The summed E-state index contributed by atoms with van der Waals surface area (Å²) in [6.07, 6.45) is 5.57. The fourth-order valence-corrected chi connectivity index (χ4v) is 2.77. The molecule has 15 heavy (non-hydrogen) atoms. The minimum atomic E-state index is 0.819. The zero-order chi connectivity index (χ0) is 10.5. The summed E-state index contributed by atoms with van der Waals surface area (Å²) in [6, 6.07) is 0.819. The molecule has 0 N–H and O–H groups in total. The summed E-state index contributed by atoms with van der Waals surface area (Å²) in [5.41, 5.74) is 0. The molecule has 0 aromatic rings. The van der Waals surface area contributed by atoms with E-state index < -0.39 is 0 Å². The Morgan fingerprint density at radius 2 is 1.93 bits per heavy atom. The van der Waals surface area contributed by atoms with Crippen LogP contribution in [0.25, 0.3) is 0 Å².